The fraction of sp³-hybridized carbons (Fsp3) is 0.667. The van der Waals surface area contributed by atoms with Gasteiger partial charge in [0.1, 0.15) is 5.82 Å². The molecule has 2 saturated heterocycles. The lowest BCUT2D eigenvalue weighted by molar-refractivity contribution is -0.132. The van der Waals surface area contributed by atoms with Crippen molar-refractivity contribution in [3.63, 3.8) is 0 Å². The smallest absolute Gasteiger partial charge is 0.222 e. The lowest BCUT2D eigenvalue weighted by Gasteiger charge is -2.41. The van der Waals surface area contributed by atoms with Gasteiger partial charge in [-0.3, -0.25) is 4.79 Å². The summed E-state index contributed by atoms with van der Waals surface area (Å²) in [6.07, 6.45) is 5.99. The summed E-state index contributed by atoms with van der Waals surface area (Å²) in [6, 6.07) is 5.73. The number of piperidine rings is 2. The van der Waals surface area contributed by atoms with Crippen LogP contribution in [0, 0.1) is 12.7 Å². The normalized spacial score (nSPS) is 20.5. The zero-order chi connectivity index (χ0) is 18.5. The zero-order valence-corrected chi connectivity index (χ0v) is 16.0. The van der Waals surface area contributed by atoms with E-state index in [4.69, 9.17) is 4.74 Å². The van der Waals surface area contributed by atoms with Gasteiger partial charge in [0, 0.05) is 45.8 Å². The minimum absolute atomic E-state index is 0.184. The number of amides is 1. The van der Waals surface area contributed by atoms with Gasteiger partial charge < -0.3 is 14.5 Å². The fourth-order valence-electron chi connectivity index (χ4n) is 4.23. The molecule has 2 heterocycles. The molecule has 0 saturated carbocycles. The molecular weight excluding hydrogens is 331 g/mol. The van der Waals surface area contributed by atoms with Crippen LogP contribution in [0.4, 0.5) is 4.39 Å². The maximum absolute atomic E-state index is 13.3. The van der Waals surface area contributed by atoms with Crippen molar-refractivity contribution < 1.29 is 13.9 Å². The van der Waals surface area contributed by atoms with Crippen LogP contribution in [-0.4, -0.2) is 61.1 Å². The van der Waals surface area contributed by atoms with Crippen molar-refractivity contribution in [2.45, 2.75) is 57.6 Å². The summed E-state index contributed by atoms with van der Waals surface area (Å²) in [5.41, 5.74) is 1.68. The van der Waals surface area contributed by atoms with E-state index in [0.717, 1.165) is 57.4 Å². The van der Waals surface area contributed by atoms with Gasteiger partial charge in [0.25, 0.3) is 0 Å². The van der Waals surface area contributed by atoms with E-state index in [0.29, 0.717) is 30.6 Å². The zero-order valence-electron chi connectivity index (χ0n) is 16.0. The number of aryl methyl sites for hydroxylation is 2. The number of likely N-dealkylation sites (tertiary alicyclic amines) is 2. The Morgan fingerprint density at radius 2 is 1.85 bits per heavy atom. The van der Waals surface area contributed by atoms with E-state index in [1.165, 1.54) is 6.07 Å². The predicted molar refractivity (Wildman–Crippen MR) is 101 cm³/mol. The molecule has 0 N–H and O–H groups in total. The minimum Gasteiger partial charge on any atom is -0.381 e. The first-order valence-corrected chi connectivity index (χ1v) is 9.86. The van der Waals surface area contributed by atoms with E-state index in [9.17, 15) is 9.18 Å². The van der Waals surface area contributed by atoms with Crippen LogP contribution in [-0.2, 0) is 16.0 Å². The van der Waals surface area contributed by atoms with Crippen LogP contribution in [0.25, 0.3) is 0 Å². The summed E-state index contributed by atoms with van der Waals surface area (Å²) in [4.78, 5) is 17.1. The van der Waals surface area contributed by atoms with Crippen LogP contribution in [0.3, 0.4) is 0 Å². The molecule has 0 aromatic heterocycles. The van der Waals surface area contributed by atoms with Gasteiger partial charge in [-0.1, -0.05) is 12.1 Å². The summed E-state index contributed by atoms with van der Waals surface area (Å²) in [5.74, 6) is 0.0419. The van der Waals surface area contributed by atoms with Gasteiger partial charge in [-0.2, -0.15) is 0 Å². The number of ether oxygens (including phenoxy) is 1. The Labute approximate surface area is 156 Å². The van der Waals surface area contributed by atoms with Crippen molar-refractivity contribution in [3.05, 3.63) is 35.1 Å². The Bertz CT molecular complexity index is 606. The maximum Gasteiger partial charge on any atom is 0.222 e. The topological polar surface area (TPSA) is 32.8 Å². The van der Waals surface area contributed by atoms with Crippen LogP contribution >= 0.6 is 0 Å². The number of rotatable bonds is 5. The second-order valence-electron chi connectivity index (χ2n) is 7.67. The first-order chi connectivity index (χ1) is 12.6. The Balaban J connectivity index is 1.41. The van der Waals surface area contributed by atoms with Crippen LogP contribution in [0.15, 0.2) is 18.2 Å². The van der Waals surface area contributed by atoms with Crippen molar-refractivity contribution in [2.75, 3.05) is 33.3 Å². The molecule has 0 unspecified atom stereocenters. The third-order valence-electron chi connectivity index (χ3n) is 5.99. The molecule has 2 aliphatic rings. The van der Waals surface area contributed by atoms with Gasteiger partial charge in [-0.05, 0) is 56.2 Å². The standard InChI is InChI=1S/C21H31FN2O2/c1-16-15-17(3-5-20(16)22)4-6-21(25)24-11-7-18(8-12-24)23-13-9-19(26-2)10-14-23/h3,5,15,18-19H,4,6-14H2,1-2H3. The molecule has 0 spiro atoms. The van der Waals surface area contributed by atoms with Gasteiger partial charge >= 0.3 is 0 Å². The number of carbonyl (C=O) groups excluding carboxylic acids is 1. The minimum atomic E-state index is -0.184. The van der Waals surface area contributed by atoms with E-state index < -0.39 is 0 Å². The second-order valence-corrected chi connectivity index (χ2v) is 7.67. The number of hydrogen-bond donors (Lipinski definition) is 0. The highest BCUT2D eigenvalue weighted by molar-refractivity contribution is 5.76. The van der Waals surface area contributed by atoms with Gasteiger partial charge in [-0.25, -0.2) is 4.39 Å². The number of methoxy groups -OCH3 is 1. The molecule has 144 valence electrons. The Morgan fingerprint density at radius 1 is 1.15 bits per heavy atom. The number of benzene rings is 1. The van der Waals surface area contributed by atoms with Crippen molar-refractivity contribution >= 4 is 5.91 Å². The highest BCUT2D eigenvalue weighted by atomic mass is 19.1. The van der Waals surface area contributed by atoms with Crippen molar-refractivity contribution in [1.29, 1.82) is 0 Å². The third-order valence-corrected chi connectivity index (χ3v) is 5.99. The molecule has 2 aliphatic heterocycles. The highest BCUT2D eigenvalue weighted by Crippen LogP contribution is 2.22. The van der Waals surface area contributed by atoms with E-state index in [-0.39, 0.29) is 11.7 Å². The summed E-state index contributed by atoms with van der Waals surface area (Å²) >= 11 is 0. The van der Waals surface area contributed by atoms with E-state index in [2.05, 4.69) is 4.90 Å². The van der Waals surface area contributed by atoms with E-state index >= 15 is 0 Å². The summed E-state index contributed by atoms with van der Waals surface area (Å²) < 4.78 is 18.8. The summed E-state index contributed by atoms with van der Waals surface area (Å²) in [6.45, 7) is 5.70. The van der Waals surface area contributed by atoms with E-state index in [1.807, 2.05) is 11.0 Å². The Morgan fingerprint density at radius 3 is 2.46 bits per heavy atom. The average Bonchev–Trinajstić information content (AvgIpc) is 2.69. The Hall–Kier alpha value is -1.46. The van der Waals surface area contributed by atoms with Crippen LogP contribution in [0.2, 0.25) is 0 Å². The molecule has 0 radical (unpaired) electrons. The van der Waals surface area contributed by atoms with Gasteiger partial charge in [-0.15, -0.1) is 0 Å². The molecule has 1 aromatic rings. The number of nitrogens with zero attached hydrogens (tertiary/aromatic N) is 2. The molecule has 0 bridgehead atoms. The molecule has 5 heteroatoms. The van der Waals surface area contributed by atoms with Gasteiger partial charge in [0.15, 0.2) is 0 Å². The molecule has 0 atom stereocenters. The SMILES string of the molecule is COC1CCN(C2CCN(C(=O)CCc3ccc(F)c(C)c3)CC2)CC1. The largest absolute Gasteiger partial charge is 0.381 e. The summed E-state index contributed by atoms with van der Waals surface area (Å²) in [7, 11) is 1.80. The lowest BCUT2D eigenvalue weighted by atomic mass is 9.98. The molecule has 4 nitrogen and oxygen atoms in total. The van der Waals surface area contributed by atoms with Crippen molar-refractivity contribution in [3.8, 4) is 0 Å². The van der Waals surface area contributed by atoms with Gasteiger partial charge in [0.05, 0.1) is 6.10 Å². The third kappa shape index (κ3) is 4.83. The quantitative estimate of drug-likeness (QED) is 0.807. The summed E-state index contributed by atoms with van der Waals surface area (Å²) in [5, 5.41) is 0. The highest BCUT2D eigenvalue weighted by Gasteiger charge is 2.29. The second kappa shape index (κ2) is 8.96. The number of carbonyl (C=O) groups is 1. The molecular formula is C21H31FN2O2. The van der Waals surface area contributed by atoms with Gasteiger partial charge in [0.2, 0.25) is 5.91 Å². The lowest BCUT2D eigenvalue weighted by Crippen LogP contribution is -2.49. The molecule has 1 amide bonds. The molecule has 26 heavy (non-hydrogen) atoms. The van der Waals surface area contributed by atoms with Crippen LogP contribution in [0.1, 0.15) is 43.2 Å². The Kier molecular flexibility index (Phi) is 6.65. The fourth-order valence-corrected chi connectivity index (χ4v) is 4.23. The first-order valence-electron chi connectivity index (χ1n) is 9.86. The van der Waals surface area contributed by atoms with Crippen molar-refractivity contribution in [2.24, 2.45) is 0 Å². The number of hydrogen-bond acceptors (Lipinski definition) is 3. The molecule has 0 aliphatic carbocycles. The molecule has 2 fully saturated rings. The average molecular weight is 362 g/mol. The van der Waals surface area contributed by atoms with Crippen molar-refractivity contribution in [1.82, 2.24) is 9.80 Å². The molecule has 3 rings (SSSR count). The predicted octanol–water partition coefficient (Wildman–Crippen LogP) is 3.17. The van der Waals surface area contributed by atoms with E-state index in [1.54, 1.807) is 20.1 Å². The first kappa shape index (κ1) is 19.3. The maximum atomic E-state index is 13.3. The number of halogens is 1. The monoisotopic (exact) mass is 362 g/mol. The van der Waals surface area contributed by atoms with Crippen LogP contribution in [0.5, 0.6) is 0 Å². The van der Waals surface area contributed by atoms with Crippen LogP contribution < -0.4 is 0 Å². The molecule has 1 aromatic carbocycles.